The number of aliphatic hydroxyl groups excluding tert-OH is 2. The Labute approximate surface area is 113 Å². The summed E-state index contributed by atoms with van der Waals surface area (Å²) >= 11 is 0. The Hall–Kier alpha value is -1.65. The van der Waals surface area contributed by atoms with Crippen molar-refractivity contribution in [3.8, 4) is 0 Å². The molecule has 2 N–H and O–H groups in total. The second-order valence-corrected chi connectivity index (χ2v) is 5.03. The summed E-state index contributed by atoms with van der Waals surface area (Å²) in [7, 11) is 0. The average molecular weight is 261 g/mol. The van der Waals surface area contributed by atoms with Crippen molar-refractivity contribution in [3.63, 3.8) is 0 Å². The number of hydrogen-bond acceptors (Lipinski definition) is 3. The Morgan fingerprint density at radius 2 is 1.89 bits per heavy atom. The van der Waals surface area contributed by atoms with Crippen LogP contribution in [0.2, 0.25) is 0 Å². The van der Waals surface area contributed by atoms with Crippen molar-refractivity contribution in [1.29, 1.82) is 0 Å². The molecule has 0 spiro atoms. The number of nitrogens with zero attached hydrogens (tertiary/aromatic N) is 1. The molecule has 2 unspecified atom stereocenters. The van der Waals surface area contributed by atoms with Gasteiger partial charge in [-0.15, -0.1) is 0 Å². The van der Waals surface area contributed by atoms with E-state index in [0.29, 0.717) is 5.57 Å². The molecule has 1 heterocycles. The molecule has 1 aromatic carbocycles. The van der Waals surface area contributed by atoms with Crippen LogP contribution in [-0.4, -0.2) is 33.9 Å². The fraction of sp³-hybridized carbons (Fsp3) is 0.400. The molecule has 2 rings (SSSR count). The lowest BCUT2D eigenvalue weighted by atomic mass is 10.0. The molecular formula is C15H19NO3. The third kappa shape index (κ3) is 2.55. The molecule has 0 saturated heterocycles. The smallest absolute Gasteiger partial charge is 0.249 e. The molecule has 1 aliphatic heterocycles. The number of carbonyl (C=O) groups is 1. The van der Waals surface area contributed by atoms with Gasteiger partial charge < -0.3 is 15.1 Å². The van der Waals surface area contributed by atoms with Gasteiger partial charge in [-0.2, -0.15) is 0 Å². The summed E-state index contributed by atoms with van der Waals surface area (Å²) in [5.41, 5.74) is 1.51. The Balaban J connectivity index is 2.29. The maximum Gasteiger partial charge on any atom is 0.249 e. The topological polar surface area (TPSA) is 60.8 Å². The fourth-order valence-electron chi connectivity index (χ4n) is 2.39. The molecule has 0 bridgehead atoms. The zero-order valence-electron chi connectivity index (χ0n) is 11.2. The number of carbonyl (C=O) groups excluding carboxylic acids is 1. The predicted octanol–water partition coefficient (Wildman–Crippen LogP) is 1.46. The van der Waals surface area contributed by atoms with Crippen LogP contribution in [0.15, 0.2) is 42.0 Å². The van der Waals surface area contributed by atoms with Gasteiger partial charge in [-0.05, 0) is 17.1 Å². The van der Waals surface area contributed by atoms with Crippen molar-refractivity contribution in [3.05, 3.63) is 47.5 Å². The van der Waals surface area contributed by atoms with E-state index < -0.39 is 12.3 Å². The van der Waals surface area contributed by atoms with E-state index in [1.807, 2.05) is 44.2 Å². The molecule has 0 saturated carbocycles. The molecule has 4 nitrogen and oxygen atoms in total. The molecule has 102 valence electrons. The van der Waals surface area contributed by atoms with Gasteiger partial charge in [-0.3, -0.25) is 4.79 Å². The van der Waals surface area contributed by atoms with Crippen molar-refractivity contribution >= 4 is 5.91 Å². The Morgan fingerprint density at radius 1 is 1.26 bits per heavy atom. The summed E-state index contributed by atoms with van der Waals surface area (Å²) in [6, 6.07) is 8.74. The molecule has 0 aromatic heterocycles. The minimum atomic E-state index is -0.954. The number of aliphatic hydroxyl groups is 2. The van der Waals surface area contributed by atoms with E-state index in [0.717, 1.165) is 5.56 Å². The van der Waals surface area contributed by atoms with Gasteiger partial charge in [0.25, 0.3) is 0 Å². The van der Waals surface area contributed by atoms with Crippen LogP contribution in [0.5, 0.6) is 0 Å². The van der Waals surface area contributed by atoms with Gasteiger partial charge in [0.2, 0.25) is 5.91 Å². The summed E-state index contributed by atoms with van der Waals surface area (Å²) < 4.78 is 0. The zero-order chi connectivity index (χ0) is 14.0. The van der Waals surface area contributed by atoms with Crippen molar-refractivity contribution in [2.75, 3.05) is 6.61 Å². The lowest BCUT2D eigenvalue weighted by molar-refractivity contribution is -0.136. The van der Waals surface area contributed by atoms with Gasteiger partial charge in [-0.1, -0.05) is 44.2 Å². The van der Waals surface area contributed by atoms with E-state index >= 15 is 0 Å². The van der Waals surface area contributed by atoms with Crippen LogP contribution in [0, 0.1) is 5.92 Å². The standard InChI is InChI=1S/C15H19NO3/c1-10(2)12-8-14(18)16(15(12)19)13(9-17)11-6-4-3-5-7-11/h3-8,10,13,15,17,19H,9H2,1-2H3. The number of benzene rings is 1. The molecule has 0 aliphatic carbocycles. The first-order valence-corrected chi connectivity index (χ1v) is 6.44. The second-order valence-electron chi connectivity index (χ2n) is 5.03. The lowest BCUT2D eigenvalue weighted by Gasteiger charge is -2.31. The van der Waals surface area contributed by atoms with Crippen LogP contribution in [0.4, 0.5) is 0 Å². The molecule has 19 heavy (non-hydrogen) atoms. The van der Waals surface area contributed by atoms with E-state index in [9.17, 15) is 15.0 Å². The molecule has 2 atom stereocenters. The molecule has 4 heteroatoms. The van der Waals surface area contributed by atoms with Gasteiger partial charge in [0.1, 0.15) is 0 Å². The van der Waals surface area contributed by atoms with Crippen LogP contribution in [0.3, 0.4) is 0 Å². The van der Waals surface area contributed by atoms with Gasteiger partial charge in [0, 0.05) is 6.08 Å². The summed E-state index contributed by atoms with van der Waals surface area (Å²) in [5.74, 6) is -0.154. The van der Waals surface area contributed by atoms with Crippen molar-refractivity contribution < 1.29 is 15.0 Å². The van der Waals surface area contributed by atoms with Gasteiger partial charge >= 0.3 is 0 Å². The molecular weight excluding hydrogens is 242 g/mol. The van der Waals surface area contributed by atoms with E-state index in [1.165, 1.54) is 11.0 Å². The van der Waals surface area contributed by atoms with Crippen LogP contribution in [0.25, 0.3) is 0 Å². The second kappa shape index (κ2) is 5.55. The Kier molecular flexibility index (Phi) is 4.02. The summed E-state index contributed by atoms with van der Waals surface area (Å²) in [6.07, 6.45) is 0.519. The van der Waals surface area contributed by atoms with Gasteiger partial charge in [-0.25, -0.2) is 0 Å². The monoisotopic (exact) mass is 261 g/mol. The highest BCUT2D eigenvalue weighted by molar-refractivity contribution is 5.92. The number of amides is 1. The molecule has 0 radical (unpaired) electrons. The summed E-state index contributed by atoms with van der Waals surface area (Å²) in [5, 5.41) is 19.9. The third-order valence-electron chi connectivity index (χ3n) is 3.47. The van der Waals surface area contributed by atoms with Crippen molar-refractivity contribution in [2.45, 2.75) is 26.1 Å². The van der Waals surface area contributed by atoms with E-state index in [2.05, 4.69) is 0 Å². The number of rotatable bonds is 4. The first kappa shape index (κ1) is 13.8. The third-order valence-corrected chi connectivity index (χ3v) is 3.47. The normalized spacial score (nSPS) is 20.9. The molecule has 1 amide bonds. The van der Waals surface area contributed by atoms with E-state index in [1.54, 1.807) is 0 Å². The van der Waals surface area contributed by atoms with Crippen LogP contribution in [0.1, 0.15) is 25.5 Å². The average Bonchev–Trinajstić information content (AvgIpc) is 2.69. The van der Waals surface area contributed by atoms with Crippen molar-refractivity contribution in [2.24, 2.45) is 5.92 Å². The molecule has 1 aromatic rings. The molecule has 0 fully saturated rings. The van der Waals surface area contributed by atoms with Crippen molar-refractivity contribution in [1.82, 2.24) is 4.90 Å². The first-order chi connectivity index (χ1) is 9.06. The van der Waals surface area contributed by atoms with Gasteiger partial charge in [0.15, 0.2) is 6.23 Å². The SMILES string of the molecule is CC(C)C1=CC(=O)N(C(CO)c2ccccc2)C1O. The maximum absolute atomic E-state index is 12.1. The highest BCUT2D eigenvalue weighted by atomic mass is 16.3. The van der Waals surface area contributed by atoms with Crippen LogP contribution in [-0.2, 0) is 4.79 Å². The maximum atomic E-state index is 12.1. The summed E-state index contributed by atoms with van der Waals surface area (Å²) in [6.45, 7) is 3.65. The largest absolute Gasteiger partial charge is 0.394 e. The number of hydrogen-bond donors (Lipinski definition) is 2. The quantitative estimate of drug-likeness (QED) is 0.862. The minimum absolute atomic E-state index is 0.0964. The summed E-state index contributed by atoms with van der Waals surface area (Å²) in [4.78, 5) is 13.4. The Bertz CT molecular complexity index is 481. The Morgan fingerprint density at radius 3 is 2.37 bits per heavy atom. The van der Waals surface area contributed by atoms with E-state index in [-0.39, 0.29) is 18.4 Å². The van der Waals surface area contributed by atoms with Crippen LogP contribution >= 0.6 is 0 Å². The fourth-order valence-corrected chi connectivity index (χ4v) is 2.39. The first-order valence-electron chi connectivity index (χ1n) is 6.44. The minimum Gasteiger partial charge on any atom is -0.394 e. The predicted molar refractivity (Wildman–Crippen MR) is 72.0 cm³/mol. The molecule has 1 aliphatic rings. The van der Waals surface area contributed by atoms with E-state index in [4.69, 9.17) is 0 Å². The van der Waals surface area contributed by atoms with Crippen LogP contribution < -0.4 is 0 Å². The van der Waals surface area contributed by atoms with Gasteiger partial charge in [0.05, 0.1) is 12.6 Å². The zero-order valence-corrected chi connectivity index (χ0v) is 11.2. The highest BCUT2D eigenvalue weighted by Gasteiger charge is 2.37. The highest BCUT2D eigenvalue weighted by Crippen LogP contribution is 2.32. The lowest BCUT2D eigenvalue weighted by Crippen LogP contribution is -2.40.